The third-order valence-corrected chi connectivity index (χ3v) is 4.02. The van der Waals surface area contributed by atoms with Gasteiger partial charge in [-0.3, -0.25) is 4.79 Å². The van der Waals surface area contributed by atoms with E-state index < -0.39 is 0 Å². The molecule has 5 heteroatoms. The summed E-state index contributed by atoms with van der Waals surface area (Å²) in [5.74, 6) is -0.184. The van der Waals surface area contributed by atoms with E-state index in [2.05, 4.69) is 0 Å². The third kappa shape index (κ3) is 3.08. The Balaban J connectivity index is 2.20. The quantitative estimate of drug-likeness (QED) is 0.626. The molecule has 0 unspecified atom stereocenters. The lowest BCUT2D eigenvalue weighted by atomic mass is 9.98. The standard InChI is InChI=1S/C20H18O5/c1-11(2)3-5-14-17(22)8-7-13(19(14)23)16-10-25-18-9-12(21)4-6-15(18)20(16)24/h3-4,6-10,21-23H,5H2,1-2H3. The maximum atomic E-state index is 12.7. The van der Waals surface area contributed by atoms with E-state index in [-0.39, 0.29) is 33.8 Å². The average molecular weight is 338 g/mol. The highest BCUT2D eigenvalue weighted by Gasteiger charge is 2.17. The van der Waals surface area contributed by atoms with Crippen molar-refractivity contribution < 1.29 is 19.7 Å². The second-order valence-corrected chi connectivity index (χ2v) is 6.10. The molecule has 5 nitrogen and oxygen atoms in total. The normalized spacial score (nSPS) is 10.8. The summed E-state index contributed by atoms with van der Waals surface area (Å²) < 4.78 is 5.44. The van der Waals surface area contributed by atoms with Crippen LogP contribution in [0.4, 0.5) is 0 Å². The molecular formula is C20H18O5. The first-order valence-electron chi connectivity index (χ1n) is 7.80. The summed E-state index contributed by atoms with van der Waals surface area (Å²) in [6, 6.07) is 7.16. The smallest absolute Gasteiger partial charge is 0.200 e. The van der Waals surface area contributed by atoms with Crippen molar-refractivity contribution in [1.82, 2.24) is 0 Å². The monoisotopic (exact) mass is 338 g/mol. The van der Waals surface area contributed by atoms with Crippen molar-refractivity contribution in [3.05, 3.63) is 64.0 Å². The highest BCUT2D eigenvalue weighted by molar-refractivity contribution is 5.84. The molecule has 0 aliphatic carbocycles. The predicted molar refractivity (Wildman–Crippen MR) is 96.0 cm³/mol. The molecule has 0 radical (unpaired) electrons. The van der Waals surface area contributed by atoms with Crippen molar-refractivity contribution in [2.75, 3.05) is 0 Å². The maximum absolute atomic E-state index is 12.7. The van der Waals surface area contributed by atoms with Gasteiger partial charge in [0.2, 0.25) is 5.43 Å². The van der Waals surface area contributed by atoms with Gasteiger partial charge in [0.1, 0.15) is 29.1 Å². The van der Waals surface area contributed by atoms with Gasteiger partial charge in [-0.15, -0.1) is 0 Å². The van der Waals surface area contributed by atoms with E-state index >= 15 is 0 Å². The highest BCUT2D eigenvalue weighted by Crippen LogP contribution is 2.37. The largest absolute Gasteiger partial charge is 0.508 e. The minimum Gasteiger partial charge on any atom is -0.508 e. The number of phenolic OH excluding ortho intramolecular Hbond substituents is 3. The van der Waals surface area contributed by atoms with E-state index in [1.54, 1.807) is 0 Å². The molecule has 128 valence electrons. The number of allylic oxidation sites excluding steroid dienone is 2. The van der Waals surface area contributed by atoms with Crippen molar-refractivity contribution in [3.8, 4) is 28.4 Å². The minimum atomic E-state index is -0.324. The van der Waals surface area contributed by atoms with Gasteiger partial charge in [0, 0.05) is 17.2 Å². The Morgan fingerprint density at radius 2 is 1.84 bits per heavy atom. The van der Waals surface area contributed by atoms with Gasteiger partial charge in [0.05, 0.1) is 10.9 Å². The molecule has 3 N–H and O–H groups in total. The minimum absolute atomic E-state index is 0.000102. The second-order valence-electron chi connectivity index (χ2n) is 6.10. The fraction of sp³-hybridized carbons (Fsp3) is 0.150. The Hall–Kier alpha value is -3.21. The lowest BCUT2D eigenvalue weighted by Crippen LogP contribution is -2.05. The van der Waals surface area contributed by atoms with Crippen LogP contribution in [0, 0.1) is 0 Å². The SMILES string of the molecule is CC(C)=CCc1c(O)ccc(-c2coc3cc(O)ccc3c2=O)c1O. The van der Waals surface area contributed by atoms with E-state index in [4.69, 9.17) is 4.42 Å². The van der Waals surface area contributed by atoms with E-state index in [0.717, 1.165) is 5.57 Å². The molecule has 0 saturated heterocycles. The van der Waals surface area contributed by atoms with Crippen molar-refractivity contribution in [1.29, 1.82) is 0 Å². The van der Waals surface area contributed by atoms with Crippen molar-refractivity contribution in [2.45, 2.75) is 20.3 Å². The Bertz CT molecular complexity index is 1040. The molecule has 0 bridgehead atoms. The van der Waals surface area contributed by atoms with Crippen LogP contribution in [0.5, 0.6) is 17.2 Å². The Morgan fingerprint density at radius 3 is 2.56 bits per heavy atom. The van der Waals surface area contributed by atoms with Gasteiger partial charge in [-0.05, 0) is 44.5 Å². The zero-order valence-electron chi connectivity index (χ0n) is 13.9. The first-order chi connectivity index (χ1) is 11.9. The van der Waals surface area contributed by atoms with Gasteiger partial charge in [-0.2, -0.15) is 0 Å². The van der Waals surface area contributed by atoms with Crippen LogP contribution in [-0.2, 0) is 6.42 Å². The molecule has 0 spiro atoms. The molecule has 0 saturated carbocycles. The molecule has 0 atom stereocenters. The van der Waals surface area contributed by atoms with Crippen LogP contribution in [0.25, 0.3) is 22.1 Å². The first kappa shape index (κ1) is 16.6. The van der Waals surface area contributed by atoms with Crippen LogP contribution >= 0.6 is 0 Å². The summed E-state index contributed by atoms with van der Waals surface area (Å²) in [6.07, 6.45) is 3.48. The summed E-state index contributed by atoms with van der Waals surface area (Å²) in [4.78, 5) is 12.7. The van der Waals surface area contributed by atoms with E-state index in [9.17, 15) is 20.1 Å². The Morgan fingerprint density at radius 1 is 1.08 bits per heavy atom. The average Bonchev–Trinajstić information content (AvgIpc) is 2.55. The van der Waals surface area contributed by atoms with Crippen LogP contribution in [-0.4, -0.2) is 15.3 Å². The van der Waals surface area contributed by atoms with Crippen LogP contribution in [0.15, 0.2) is 57.5 Å². The van der Waals surface area contributed by atoms with Gasteiger partial charge in [-0.25, -0.2) is 0 Å². The lowest BCUT2D eigenvalue weighted by Gasteiger charge is -2.11. The fourth-order valence-corrected chi connectivity index (χ4v) is 2.65. The molecule has 0 amide bonds. The van der Waals surface area contributed by atoms with Gasteiger partial charge >= 0.3 is 0 Å². The number of benzene rings is 2. The summed E-state index contributed by atoms with van der Waals surface area (Å²) >= 11 is 0. The summed E-state index contributed by atoms with van der Waals surface area (Å²) in [5.41, 5.74) is 1.82. The van der Waals surface area contributed by atoms with E-state index in [0.29, 0.717) is 22.9 Å². The van der Waals surface area contributed by atoms with Gasteiger partial charge in [0.15, 0.2) is 0 Å². The molecule has 1 heterocycles. The Labute approximate surface area is 144 Å². The summed E-state index contributed by atoms with van der Waals surface area (Å²) in [7, 11) is 0. The van der Waals surface area contributed by atoms with Gasteiger partial charge in [0.25, 0.3) is 0 Å². The fourth-order valence-electron chi connectivity index (χ4n) is 2.65. The molecule has 3 rings (SSSR count). The zero-order valence-corrected chi connectivity index (χ0v) is 13.9. The molecule has 25 heavy (non-hydrogen) atoms. The summed E-state index contributed by atoms with van der Waals surface area (Å²) in [6.45, 7) is 3.84. The number of phenols is 3. The predicted octanol–water partition coefficient (Wildman–Crippen LogP) is 4.09. The van der Waals surface area contributed by atoms with E-state index in [1.807, 2.05) is 19.9 Å². The molecule has 0 fully saturated rings. The van der Waals surface area contributed by atoms with E-state index in [1.165, 1.54) is 36.6 Å². The molecule has 0 aliphatic heterocycles. The van der Waals surface area contributed by atoms with Crippen molar-refractivity contribution in [2.24, 2.45) is 0 Å². The van der Waals surface area contributed by atoms with Gasteiger partial charge in [-0.1, -0.05) is 11.6 Å². The molecule has 3 aromatic rings. The number of rotatable bonds is 3. The second kappa shape index (κ2) is 6.36. The zero-order chi connectivity index (χ0) is 18.1. The van der Waals surface area contributed by atoms with Crippen LogP contribution in [0.2, 0.25) is 0 Å². The van der Waals surface area contributed by atoms with Gasteiger partial charge < -0.3 is 19.7 Å². The van der Waals surface area contributed by atoms with Crippen molar-refractivity contribution in [3.63, 3.8) is 0 Å². The maximum Gasteiger partial charge on any atom is 0.200 e. The Kier molecular flexibility index (Phi) is 4.23. The number of fused-ring (bicyclic) bond motifs is 1. The molecule has 1 aromatic heterocycles. The number of hydrogen-bond donors (Lipinski definition) is 3. The van der Waals surface area contributed by atoms with Crippen LogP contribution < -0.4 is 5.43 Å². The summed E-state index contributed by atoms with van der Waals surface area (Å²) in [5, 5.41) is 30.4. The van der Waals surface area contributed by atoms with Crippen LogP contribution in [0.3, 0.4) is 0 Å². The lowest BCUT2D eigenvalue weighted by molar-refractivity contribution is 0.442. The number of aromatic hydroxyl groups is 3. The van der Waals surface area contributed by atoms with Crippen LogP contribution in [0.1, 0.15) is 19.4 Å². The number of hydrogen-bond acceptors (Lipinski definition) is 5. The third-order valence-electron chi connectivity index (χ3n) is 4.02. The molecule has 2 aromatic carbocycles. The molecule has 0 aliphatic rings. The first-order valence-corrected chi connectivity index (χ1v) is 7.80. The topological polar surface area (TPSA) is 90.9 Å². The molecular weight excluding hydrogens is 320 g/mol. The van der Waals surface area contributed by atoms with Crippen molar-refractivity contribution >= 4 is 11.0 Å². The highest BCUT2D eigenvalue weighted by atomic mass is 16.3.